The molecule has 0 radical (unpaired) electrons. The van der Waals surface area contributed by atoms with Gasteiger partial charge in [-0.3, -0.25) is 9.89 Å². The van der Waals surface area contributed by atoms with Crippen LogP contribution in [0.4, 0.5) is 0 Å². The number of fused-ring (bicyclic) bond motifs is 1. The maximum atomic E-state index is 5.75. The van der Waals surface area contributed by atoms with Crippen molar-refractivity contribution >= 4 is 29.9 Å². The first-order valence-corrected chi connectivity index (χ1v) is 11.4. The number of hydrogen-bond acceptors (Lipinski definition) is 4. The Morgan fingerprint density at radius 1 is 1.19 bits per heavy atom. The zero-order chi connectivity index (χ0) is 21.4. The molecule has 2 aliphatic heterocycles. The summed E-state index contributed by atoms with van der Waals surface area (Å²) in [6.07, 6.45) is 2.28. The van der Waals surface area contributed by atoms with Gasteiger partial charge in [-0.05, 0) is 44.7 Å². The van der Waals surface area contributed by atoms with Crippen LogP contribution in [0.3, 0.4) is 0 Å². The number of aliphatic imine (C=N–C) groups is 1. The molecule has 0 aliphatic carbocycles. The SMILES string of the molecule is CCNC(=NCC(C)(C)N1CCc2ccccc2C1)N1CCC(COCCOC)C1.I. The van der Waals surface area contributed by atoms with E-state index in [4.69, 9.17) is 14.5 Å². The van der Waals surface area contributed by atoms with E-state index in [1.54, 1.807) is 7.11 Å². The van der Waals surface area contributed by atoms with Crippen LogP contribution in [-0.2, 0) is 22.4 Å². The van der Waals surface area contributed by atoms with E-state index in [-0.39, 0.29) is 29.5 Å². The van der Waals surface area contributed by atoms with Crippen molar-refractivity contribution in [3.63, 3.8) is 0 Å². The highest BCUT2D eigenvalue weighted by molar-refractivity contribution is 14.0. The lowest BCUT2D eigenvalue weighted by Crippen LogP contribution is -2.49. The first-order chi connectivity index (χ1) is 14.5. The van der Waals surface area contributed by atoms with E-state index in [0.717, 1.165) is 64.7 Å². The number of likely N-dealkylation sites (tertiary alicyclic amines) is 1. The number of ether oxygens (including phenoxy) is 2. The molecular formula is C24H41IN4O2. The number of guanidine groups is 1. The van der Waals surface area contributed by atoms with Gasteiger partial charge in [0.15, 0.2) is 5.96 Å². The van der Waals surface area contributed by atoms with Gasteiger partial charge >= 0.3 is 0 Å². The van der Waals surface area contributed by atoms with Crippen molar-refractivity contribution in [3.8, 4) is 0 Å². The number of methoxy groups -OCH3 is 1. The van der Waals surface area contributed by atoms with Gasteiger partial charge in [0.1, 0.15) is 0 Å². The van der Waals surface area contributed by atoms with Gasteiger partial charge in [-0.25, -0.2) is 0 Å². The molecule has 1 atom stereocenters. The fourth-order valence-corrected chi connectivity index (χ4v) is 4.36. The van der Waals surface area contributed by atoms with E-state index in [1.807, 2.05) is 0 Å². The van der Waals surface area contributed by atoms with E-state index in [0.29, 0.717) is 19.1 Å². The molecule has 176 valence electrons. The second-order valence-electron chi connectivity index (χ2n) is 9.09. The van der Waals surface area contributed by atoms with Gasteiger partial charge < -0.3 is 19.7 Å². The van der Waals surface area contributed by atoms with Crippen molar-refractivity contribution in [2.75, 3.05) is 59.7 Å². The molecule has 0 amide bonds. The Kier molecular flexibility index (Phi) is 11.0. The predicted octanol–water partition coefficient (Wildman–Crippen LogP) is 3.39. The smallest absolute Gasteiger partial charge is 0.193 e. The highest BCUT2D eigenvalue weighted by Crippen LogP contribution is 2.26. The van der Waals surface area contributed by atoms with Crippen LogP contribution < -0.4 is 5.32 Å². The van der Waals surface area contributed by atoms with Gasteiger partial charge in [-0.2, -0.15) is 0 Å². The van der Waals surface area contributed by atoms with Crippen LogP contribution in [0.1, 0.15) is 38.3 Å². The molecular weight excluding hydrogens is 503 g/mol. The fraction of sp³-hybridized carbons (Fsp3) is 0.708. The molecule has 3 rings (SSSR count). The average molecular weight is 545 g/mol. The first-order valence-electron chi connectivity index (χ1n) is 11.4. The molecule has 1 saturated heterocycles. The van der Waals surface area contributed by atoms with Crippen LogP contribution in [0.5, 0.6) is 0 Å². The van der Waals surface area contributed by atoms with Crippen molar-refractivity contribution in [1.82, 2.24) is 15.1 Å². The zero-order valence-corrected chi connectivity index (χ0v) is 22.1. The molecule has 7 heteroatoms. The average Bonchev–Trinajstić information content (AvgIpc) is 3.22. The minimum atomic E-state index is 0. The van der Waals surface area contributed by atoms with Crippen LogP contribution in [0.15, 0.2) is 29.3 Å². The van der Waals surface area contributed by atoms with Crippen molar-refractivity contribution < 1.29 is 9.47 Å². The van der Waals surface area contributed by atoms with Gasteiger partial charge in [0.25, 0.3) is 0 Å². The quantitative estimate of drug-likeness (QED) is 0.224. The Balaban J connectivity index is 0.00000341. The number of nitrogens with one attached hydrogen (secondary N) is 1. The Morgan fingerprint density at radius 2 is 1.97 bits per heavy atom. The lowest BCUT2D eigenvalue weighted by atomic mass is 9.94. The molecule has 0 aromatic heterocycles. The van der Waals surface area contributed by atoms with Crippen molar-refractivity contribution in [2.24, 2.45) is 10.9 Å². The number of benzene rings is 1. The lowest BCUT2D eigenvalue weighted by Gasteiger charge is -2.41. The summed E-state index contributed by atoms with van der Waals surface area (Å²) in [6, 6.07) is 8.84. The van der Waals surface area contributed by atoms with Crippen LogP contribution in [0.25, 0.3) is 0 Å². The van der Waals surface area contributed by atoms with E-state index in [9.17, 15) is 0 Å². The molecule has 1 fully saturated rings. The second kappa shape index (κ2) is 13.0. The van der Waals surface area contributed by atoms with Crippen LogP contribution in [0, 0.1) is 5.92 Å². The summed E-state index contributed by atoms with van der Waals surface area (Å²) in [5.41, 5.74) is 2.98. The summed E-state index contributed by atoms with van der Waals surface area (Å²) in [5.74, 6) is 1.61. The van der Waals surface area contributed by atoms with Gasteiger partial charge in [-0.1, -0.05) is 24.3 Å². The highest BCUT2D eigenvalue weighted by Gasteiger charge is 2.31. The summed E-state index contributed by atoms with van der Waals surface area (Å²) < 4.78 is 10.8. The monoisotopic (exact) mass is 544 g/mol. The van der Waals surface area contributed by atoms with Crippen LogP contribution in [0.2, 0.25) is 0 Å². The molecule has 1 aromatic rings. The standard InChI is InChI=1S/C24H40N4O2.HI/c1-5-25-23(27-12-10-20(16-27)18-30-15-14-29-4)26-19-24(2,3)28-13-11-21-8-6-7-9-22(21)17-28;/h6-9,20H,5,10-19H2,1-4H3,(H,25,26);1H. The molecule has 2 aliphatic rings. The maximum Gasteiger partial charge on any atom is 0.193 e. The van der Waals surface area contributed by atoms with E-state index < -0.39 is 0 Å². The molecule has 1 unspecified atom stereocenters. The van der Waals surface area contributed by atoms with E-state index in [1.165, 1.54) is 11.1 Å². The fourth-order valence-electron chi connectivity index (χ4n) is 4.36. The predicted molar refractivity (Wildman–Crippen MR) is 138 cm³/mol. The molecule has 2 heterocycles. The third kappa shape index (κ3) is 7.58. The topological polar surface area (TPSA) is 49.3 Å². The minimum absolute atomic E-state index is 0. The van der Waals surface area contributed by atoms with E-state index >= 15 is 0 Å². The molecule has 0 bridgehead atoms. The summed E-state index contributed by atoms with van der Waals surface area (Å²) >= 11 is 0. The third-order valence-electron chi connectivity index (χ3n) is 6.31. The highest BCUT2D eigenvalue weighted by atomic mass is 127. The second-order valence-corrected chi connectivity index (χ2v) is 9.09. The number of hydrogen-bond donors (Lipinski definition) is 1. The normalized spacial score (nSPS) is 19.8. The molecule has 1 N–H and O–H groups in total. The summed E-state index contributed by atoms with van der Waals surface area (Å²) in [6.45, 7) is 14.8. The molecule has 1 aromatic carbocycles. The third-order valence-corrected chi connectivity index (χ3v) is 6.31. The van der Waals surface area contributed by atoms with Gasteiger partial charge in [0.2, 0.25) is 0 Å². The first kappa shape index (κ1) is 26.4. The Labute approximate surface area is 205 Å². The van der Waals surface area contributed by atoms with Crippen molar-refractivity contribution in [3.05, 3.63) is 35.4 Å². The number of halogens is 1. The van der Waals surface area contributed by atoms with Crippen molar-refractivity contribution in [2.45, 2.75) is 45.7 Å². The molecule has 0 saturated carbocycles. The Hall–Kier alpha value is -0.900. The van der Waals surface area contributed by atoms with Gasteiger partial charge in [0.05, 0.1) is 26.4 Å². The number of rotatable bonds is 9. The Morgan fingerprint density at radius 3 is 2.71 bits per heavy atom. The summed E-state index contributed by atoms with van der Waals surface area (Å²) in [5, 5.41) is 3.51. The van der Waals surface area contributed by atoms with Crippen molar-refractivity contribution in [1.29, 1.82) is 0 Å². The number of nitrogens with zero attached hydrogens (tertiary/aromatic N) is 3. The maximum absolute atomic E-state index is 5.75. The summed E-state index contributed by atoms with van der Waals surface area (Å²) in [7, 11) is 1.71. The largest absolute Gasteiger partial charge is 0.382 e. The summed E-state index contributed by atoms with van der Waals surface area (Å²) in [4.78, 5) is 10.1. The van der Waals surface area contributed by atoms with Gasteiger partial charge in [-0.15, -0.1) is 24.0 Å². The lowest BCUT2D eigenvalue weighted by molar-refractivity contribution is 0.0536. The Bertz CT molecular complexity index is 698. The minimum Gasteiger partial charge on any atom is -0.382 e. The van der Waals surface area contributed by atoms with Crippen LogP contribution in [-0.4, -0.2) is 81.0 Å². The van der Waals surface area contributed by atoms with Crippen LogP contribution >= 0.6 is 24.0 Å². The van der Waals surface area contributed by atoms with E-state index in [2.05, 4.69) is 60.2 Å². The zero-order valence-electron chi connectivity index (χ0n) is 19.7. The molecule has 31 heavy (non-hydrogen) atoms. The molecule has 0 spiro atoms. The molecule has 6 nitrogen and oxygen atoms in total. The van der Waals surface area contributed by atoms with Gasteiger partial charge in [0, 0.05) is 51.3 Å².